The summed E-state index contributed by atoms with van der Waals surface area (Å²) in [6, 6.07) is 6.70. The second-order valence-corrected chi connectivity index (χ2v) is 9.38. The minimum absolute atomic E-state index is 0.404. The Morgan fingerprint density at radius 1 is 0.818 bits per heavy atom. The molecule has 3 N–H and O–H groups in total. The molecule has 3 saturated heterocycles. The molecule has 0 aliphatic carbocycles. The van der Waals surface area contributed by atoms with E-state index in [0.717, 1.165) is 52.5 Å². The van der Waals surface area contributed by atoms with Crippen LogP contribution >= 0.6 is 0 Å². The van der Waals surface area contributed by atoms with Gasteiger partial charge in [0.15, 0.2) is 0 Å². The summed E-state index contributed by atoms with van der Waals surface area (Å²) in [6.07, 6.45) is -10.5. The Hall–Kier alpha value is -3.23. The van der Waals surface area contributed by atoms with Crippen LogP contribution in [0.15, 0.2) is 24.4 Å². The Kier molecular flexibility index (Phi) is 15.3. The molecule has 3 aliphatic heterocycles. The van der Waals surface area contributed by atoms with E-state index in [2.05, 4.69) is 26.9 Å². The number of ether oxygens (including phenoxy) is 2. The number of nitrogens with zero attached hydrogens (tertiary/aromatic N) is 3. The van der Waals surface area contributed by atoms with Crippen LogP contribution in [0.4, 0.5) is 39.5 Å². The molecule has 252 valence electrons. The number of hydrogen-bond donors (Lipinski definition) is 3. The van der Waals surface area contributed by atoms with E-state index in [1.54, 1.807) is 0 Å². The molecule has 0 saturated carbocycles. The number of carboxylic acids is 3. The highest BCUT2D eigenvalue weighted by molar-refractivity contribution is 5.73. The predicted molar refractivity (Wildman–Crippen MR) is 129 cm³/mol. The van der Waals surface area contributed by atoms with Crippen molar-refractivity contribution in [3.8, 4) is 0 Å². The summed E-state index contributed by atoms with van der Waals surface area (Å²) in [4.78, 5) is 36.4. The van der Waals surface area contributed by atoms with Gasteiger partial charge in [-0.3, -0.25) is 14.8 Å². The number of likely N-dealkylation sites (tertiary alicyclic amines) is 1. The van der Waals surface area contributed by atoms with Crippen molar-refractivity contribution in [3.05, 3.63) is 30.1 Å². The summed E-state index contributed by atoms with van der Waals surface area (Å²) in [5.41, 5.74) is 1.17. The molecule has 0 radical (unpaired) electrons. The molecule has 11 nitrogen and oxygen atoms in total. The summed E-state index contributed by atoms with van der Waals surface area (Å²) >= 11 is 0. The van der Waals surface area contributed by atoms with Gasteiger partial charge in [0.05, 0.1) is 25.0 Å². The first-order valence-corrected chi connectivity index (χ1v) is 12.7. The van der Waals surface area contributed by atoms with Gasteiger partial charge in [-0.25, -0.2) is 14.4 Å². The fourth-order valence-corrected chi connectivity index (χ4v) is 4.34. The van der Waals surface area contributed by atoms with E-state index >= 15 is 0 Å². The number of fused-ring (bicyclic) bond motifs is 1. The maximum absolute atomic E-state index is 10.6. The highest BCUT2D eigenvalue weighted by atomic mass is 19.4. The number of morpholine rings is 1. The third-order valence-corrected chi connectivity index (χ3v) is 6.17. The third-order valence-electron chi connectivity index (χ3n) is 6.17. The van der Waals surface area contributed by atoms with Gasteiger partial charge in [-0.15, -0.1) is 0 Å². The number of halogens is 9. The molecule has 0 aromatic carbocycles. The molecule has 1 aromatic rings. The van der Waals surface area contributed by atoms with Crippen LogP contribution in [0.5, 0.6) is 0 Å². The molecular formula is C24H30F9N3O8. The molecule has 20 heteroatoms. The number of aromatic nitrogens is 1. The van der Waals surface area contributed by atoms with Gasteiger partial charge in [-0.05, 0) is 30.9 Å². The number of rotatable bonds is 3. The number of hydrogen-bond acceptors (Lipinski definition) is 8. The van der Waals surface area contributed by atoms with Gasteiger partial charge in [0.25, 0.3) is 0 Å². The van der Waals surface area contributed by atoms with Crippen LogP contribution in [0, 0.1) is 5.92 Å². The third kappa shape index (κ3) is 14.5. The highest BCUT2D eigenvalue weighted by Crippen LogP contribution is 2.32. The van der Waals surface area contributed by atoms with Crippen molar-refractivity contribution in [3.63, 3.8) is 0 Å². The van der Waals surface area contributed by atoms with E-state index < -0.39 is 36.4 Å². The first-order chi connectivity index (χ1) is 20.2. The quantitative estimate of drug-likeness (QED) is 0.411. The molecule has 44 heavy (non-hydrogen) atoms. The van der Waals surface area contributed by atoms with Gasteiger partial charge >= 0.3 is 36.4 Å². The van der Waals surface area contributed by atoms with Crippen LogP contribution in [0.2, 0.25) is 0 Å². The smallest absolute Gasteiger partial charge is 0.475 e. The molecule has 3 aliphatic rings. The fourth-order valence-electron chi connectivity index (χ4n) is 4.34. The van der Waals surface area contributed by atoms with Gasteiger partial charge in [0.2, 0.25) is 0 Å². The molecule has 4 rings (SSSR count). The fraction of sp³-hybridized carbons (Fsp3) is 0.667. The Balaban J connectivity index is 0.000000379. The molecular weight excluding hydrogens is 629 g/mol. The molecule has 0 bridgehead atoms. The molecule has 0 unspecified atom stereocenters. The zero-order valence-electron chi connectivity index (χ0n) is 22.7. The Bertz CT molecular complexity index is 979. The SMILES string of the molecule is O=C(O)C(F)(F)F.O=C(O)C(F)(F)F.O=C(O)C(F)(F)F.c1ccc(CN2C[C@@H]3CCCO[C@@H]3[C@H](N3CCOCC3)C2)nc1. The van der Waals surface area contributed by atoms with Crippen molar-refractivity contribution < 1.29 is 78.7 Å². The average Bonchev–Trinajstić information content (AvgIpc) is 2.93. The van der Waals surface area contributed by atoms with Crippen LogP contribution < -0.4 is 0 Å². The number of carboxylic acid groups (broad SMARTS) is 3. The summed E-state index contributed by atoms with van der Waals surface area (Å²) in [6.45, 7) is 7.89. The number of pyridine rings is 1. The van der Waals surface area contributed by atoms with E-state index in [1.165, 1.54) is 18.5 Å². The number of piperidine rings is 1. The van der Waals surface area contributed by atoms with Crippen molar-refractivity contribution in [1.29, 1.82) is 0 Å². The van der Waals surface area contributed by atoms with Crippen LogP contribution in [-0.4, -0.2) is 125 Å². The van der Waals surface area contributed by atoms with Crippen molar-refractivity contribution >= 4 is 17.9 Å². The maximum atomic E-state index is 10.6. The lowest BCUT2D eigenvalue weighted by molar-refractivity contribution is -0.193. The van der Waals surface area contributed by atoms with E-state index in [1.807, 2.05) is 12.3 Å². The number of carbonyl (C=O) groups is 3. The normalized spacial score (nSPS) is 22.8. The zero-order valence-corrected chi connectivity index (χ0v) is 22.7. The topological polar surface area (TPSA) is 150 Å². The molecule has 3 fully saturated rings. The predicted octanol–water partition coefficient (Wildman–Crippen LogP) is 3.29. The monoisotopic (exact) mass is 659 g/mol. The number of aliphatic carboxylic acids is 3. The van der Waals surface area contributed by atoms with Gasteiger partial charge in [-0.2, -0.15) is 39.5 Å². The Morgan fingerprint density at radius 3 is 1.75 bits per heavy atom. The van der Waals surface area contributed by atoms with Crippen molar-refractivity contribution in [2.24, 2.45) is 5.92 Å². The van der Waals surface area contributed by atoms with Crippen LogP contribution in [0.1, 0.15) is 18.5 Å². The summed E-state index contributed by atoms with van der Waals surface area (Å²) in [7, 11) is 0. The van der Waals surface area contributed by atoms with Crippen LogP contribution in [0.3, 0.4) is 0 Å². The van der Waals surface area contributed by atoms with Gasteiger partial charge in [0, 0.05) is 51.6 Å². The first-order valence-electron chi connectivity index (χ1n) is 12.7. The molecule has 0 spiro atoms. The minimum atomic E-state index is -5.08. The van der Waals surface area contributed by atoms with E-state index in [-0.39, 0.29) is 0 Å². The molecule has 1 aromatic heterocycles. The van der Waals surface area contributed by atoms with Crippen molar-refractivity contribution in [1.82, 2.24) is 14.8 Å². The zero-order chi connectivity index (χ0) is 33.7. The van der Waals surface area contributed by atoms with Gasteiger partial charge in [-0.1, -0.05) is 6.07 Å². The first kappa shape index (κ1) is 38.8. The summed E-state index contributed by atoms with van der Waals surface area (Å²) < 4.78 is 107. The van der Waals surface area contributed by atoms with Crippen LogP contribution in [0.25, 0.3) is 0 Å². The van der Waals surface area contributed by atoms with Gasteiger partial charge in [0.1, 0.15) is 0 Å². The second kappa shape index (κ2) is 17.3. The maximum Gasteiger partial charge on any atom is 0.490 e. The standard InChI is InChI=1S/C18H27N3O2.3C2HF3O2/c1-2-6-19-16(5-1)13-20-12-15-4-3-9-23-18(15)17(14-20)21-7-10-22-11-8-21;3*3-2(4,5)1(6)7/h1-2,5-6,15,17-18H,3-4,7-14H2;3*(H,6,7)/t15-,17+,18-;;;/m0.../s1. The minimum Gasteiger partial charge on any atom is -0.475 e. The van der Waals surface area contributed by atoms with Crippen LogP contribution in [-0.2, 0) is 30.4 Å². The molecule has 0 amide bonds. The summed E-state index contributed by atoms with van der Waals surface area (Å²) in [5.74, 6) is -7.61. The summed E-state index contributed by atoms with van der Waals surface area (Å²) in [5, 5.41) is 21.4. The van der Waals surface area contributed by atoms with Crippen molar-refractivity contribution in [2.75, 3.05) is 46.0 Å². The van der Waals surface area contributed by atoms with E-state index in [4.69, 9.17) is 39.2 Å². The van der Waals surface area contributed by atoms with E-state index in [9.17, 15) is 39.5 Å². The number of alkyl halides is 9. The Labute approximate surface area is 244 Å². The lowest BCUT2D eigenvalue weighted by Gasteiger charge is -2.50. The Morgan fingerprint density at radius 2 is 1.32 bits per heavy atom. The van der Waals surface area contributed by atoms with Gasteiger partial charge < -0.3 is 24.8 Å². The van der Waals surface area contributed by atoms with E-state index in [0.29, 0.717) is 18.1 Å². The second-order valence-electron chi connectivity index (χ2n) is 9.38. The molecule has 4 heterocycles. The lowest BCUT2D eigenvalue weighted by atomic mass is 9.84. The largest absolute Gasteiger partial charge is 0.490 e. The average molecular weight is 659 g/mol. The highest BCUT2D eigenvalue weighted by Gasteiger charge is 2.42. The molecule has 3 atom stereocenters. The van der Waals surface area contributed by atoms with Crippen molar-refractivity contribution in [2.45, 2.75) is 50.1 Å². The lowest BCUT2D eigenvalue weighted by Crippen LogP contribution is -2.62.